The maximum atomic E-state index is 9.08. The molecule has 5 heteroatoms. The Morgan fingerprint density at radius 2 is 2.21 bits per heavy atom. The van der Waals surface area contributed by atoms with Gasteiger partial charge in [0.15, 0.2) is 0 Å². The van der Waals surface area contributed by atoms with E-state index in [0.29, 0.717) is 17.4 Å². The lowest BCUT2D eigenvalue weighted by Crippen LogP contribution is -2.03. The molecule has 0 bridgehead atoms. The molecule has 0 fully saturated rings. The predicted molar refractivity (Wildman–Crippen MR) is 74.3 cm³/mol. The van der Waals surface area contributed by atoms with E-state index >= 15 is 0 Å². The molecule has 1 aromatic carbocycles. The van der Waals surface area contributed by atoms with Crippen LogP contribution in [0.3, 0.4) is 0 Å². The fourth-order valence-corrected chi connectivity index (χ4v) is 2.21. The smallest absolute Gasteiger partial charge is 0.131 e. The van der Waals surface area contributed by atoms with E-state index in [-0.39, 0.29) is 6.61 Å². The first kappa shape index (κ1) is 13.9. The average Bonchev–Trinajstić information content (AvgIpc) is 2.71. The fraction of sp³-hybridized carbons (Fsp3) is 0.357. The molecule has 0 atom stereocenters. The molecule has 1 aromatic heterocycles. The first-order valence-corrected chi connectivity index (χ1v) is 6.56. The number of rotatable bonds is 5. The van der Waals surface area contributed by atoms with Crippen LogP contribution in [0, 0.1) is 0 Å². The molecule has 0 unspecified atom stereocenters. The summed E-state index contributed by atoms with van der Waals surface area (Å²) in [6.07, 6.45) is 0.798. The number of hydrogen-bond acceptors (Lipinski definition) is 3. The van der Waals surface area contributed by atoms with Gasteiger partial charge in [-0.25, -0.2) is 0 Å². The molecule has 0 saturated heterocycles. The Morgan fingerprint density at radius 1 is 1.42 bits per heavy atom. The number of aryl methyl sites for hydroxylation is 2. The lowest BCUT2D eigenvalue weighted by atomic mass is 10.2. The second kappa shape index (κ2) is 6.08. The van der Waals surface area contributed by atoms with Crippen LogP contribution in [0.25, 0.3) is 0 Å². The highest BCUT2D eigenvalue weighted by Gasteiger charge is 2.13. The highest BCUT2D eigenvalue weighted by atomic mass is 35.5. The standard InChI is InChI=1S/C14H17ClN2O2/c1-3-12-14(15)13(17(2)16-12)9-19-11-6-4-5-10(7-11)8-18/h4-7,18H,3,8-9H2,1-2H3. The van der Waals surface area contributed by atoms with E-state index in [1.807, 2.05) is 38.2 Å². The first-order valence-electron chi connectivity index (χ1n) is 6.18. The van der Waals surface area contributed by atoms with Crippen molar-refractivity contribution in [2.75, 3.05) is 0 Å². The van der Waals surface area contributed by atoms with Gasteiger partial charge in [-0.15, -0.1) is 0 Å². The molecular weight excluding hydrogens is 264 g/mol. The van der Waals surface area contributed by atoms with E-state index in [4.69, 9.17) is 21.4 Å². The number of nitrogens with zero attached hydrogens (tertiary/aromatic N) is 2. The van der Waals surface area contributed by atoms with Gasteiger partial charge in [0, 0.05) is 7.05 Å². The number of benzene rings is 1. The van der Waals surface area contributed by atoms with Crippen molar-refractivity contribution in [3.8, 4) is 5.75 Å². The number of aliphatic hydroxyl groups excluding tert-OH is 1. The van der Waals surface area contributed by atoms with E-state index in [0.717, 1.165) is 23.4 Å². The molecule has 2 rings (SSSR count). The maximum absolute atomic E-state index is 9.08. The molecule has 0 aliphatic rings. The highest BCUT2D eigenvalue weighted by Crippen LogP contribution is 2.23. The number of halogens is 1. The van der Waals surface area contributed by atoms with Crippen molar-refractivity contribution in [3.63, 3.8) is 0 Å². The minimum Gasteiger partial charge on any atom is -0.487 e. The van der Waals surface area contributed by atoms with E-state index in [9.17, 15) is 0 Å². The summed E-state index contributed by atoms with van der Waals surface area (Å²) in [5.74, 6) is 0.710. The second-order valence-electron chi connectivity index (χ2n) is 4.28. The summed E-state index contributed by atoms with van der Waals surface area (Å²) in [6, 6.07) is 7.36. The Kier molecular flexibility index (Phi) is 4.45. The molecule has 19 heavy (non-hydrogen) atoms. The number of hydrogen-bond donors (Lipinski definition) is 1. The van der Waals surface area contributed by atoms with Gasteiger partial charge in [-0.1, -0.05) is 30.7 Å². The topological polar surface area (TPSA) is 47.3 Å². The Bertz CT molecular complexity index is 567. The van der Waals surface area contributed by atoms with Crippen LogP contribution in [0.5, 0.6) is 5.75 Å². The zero-order valence-corrected chi connectivity index (χ0v) is 11.8. The molecule has 0 radical (unpaired) electrons. The van der Waals surface area contributed by atoms with Gasteiger partial charge in [-0.3, -0.25) is 4.68 Å². The van der Waals surface area contributed by atoms with Crippen molar-refractivity contribution in [2.24, 2.45) is 7.05 Å². The summed E-state index contributed by atoms with van der Waals surface area (Å²) in [5.41, 5.74) is 2.56. The van der Waals surface area contributed by atoms with E-state index in [1.165, 1.54) is 0 Å². The Labute approximate surface area is 117 Å². The molecule has 0 spiro atoms. The van der Waals surface area contributed by atoms with Crippen LogP contribution in [0.4, 0.5) is 0 Å². The van der Waals surface area contributed by atoms with Crippen molar-refractivity contribution < 1.29 is 9.84 Å². The quantitative estimate of drug-likeness (QED) is 0.916. The third-order valence-electron chi connectivity index (χ3n) is 2.96. The zero-order valence-electron chi connectivity index (χ0n) is 11.1. The third-order valence-corrected chi connectivity index (χ3v) is 3.40. The average molecular weight is 281 g/mol. The Morgan fingerprint density at radius 3 is 2.84 bits per heavy atom. The van der Waals surface area contributed by atoms with Crippen LogP contribution < -0.4 is 4.74 Å². The normalized spacial score (nSPS) is 10.7. The first-order chi connectivity index (χ1) is 9.15. The van der Waals surface area contributed by atoms with E-state index < -0.39 is 0 Å². The number of ether oxygens (including phenoxy) is 1. The molecule has 102 valence electrons. The third kappa shape index (κ3) is 3.08. The van der Waals surface area contributed by atoms with Gasteiger partial charge < -0.3 is 9.84 Å². The minimum absolute atomic E-state index is 0.00362. The largest absolute Gasteiger partial charge is 0.487 e. The van der Waals surface area contributed by atoms with Gasteiger partial charge in [0.05, 0.1) is 23.0 Å². The summed E-state index contributed by atoms with van der Waals surface area (Å²) in [6.45, 7) is 2.38. The molecule has 0 amide bonds. The van der Waals surface area contributed by atoms with Gasteiger partial charge in [0.1, 0.15) is 12.4 Å². The van der Waals surface area contributed by atoms with Crippen LogP contribution in [0.15, 0.2) is 24.3 Å². The minimum atomic E-state index is 0.00362. The van der Waals surface area contributed by atoms with Gasteiger partial charge in [-0.05, 0) is 24.1 Å². The fourth-order valence-electron chi connectivity index (χ4n) is 1.86. The Balaban J connectivity index is 2.12. The predicted octanol–water partition coefficient (Wildman–Crippen LogP) is 2.71. The highest BCUT2D eigenvalue weighted by molar-refractivity contribution is 6.31. The van der Waals surface area contributed by atoms with Gasteiger partial charge in [0.2, 0.25) is 0 Å². The van der Waals surface area contributed by atoms with Crippen molar-refractivity contribution >= 4 is 11.6 Å². The lowest BCUT2D eigenvalue weighted by Gasteiger charge is -2.08. The molecule has 1 N–H and O–H groups in total. The van der Waals surface area contributed by atoms with E-state index in [2.05, 4.69) is 5.10 Å². The summed E-state index contributed by atoms with van der Waals surface area (Å²) in [5, 5.41) is 14.1. The van der Waals surface area contributed by atoms with Crippen molar-refractivity contribution in [1.29, 1.82) is 0 Å². The van der Waals surface area contributed by atoms with Crippen LogP contribution >= 0.6 is 11.6 Å². The molecular formula is C14H17ClN2O2. The molecule has 2 aromatic rings. The van der Waals surface area contributed by atoms with E-state index in [1.54, 1.807) is 4.68 Å². The van der Waals surface area contributed by atoms with Gasteiger partial charge in [0.25, 0.3) is 0 Å². The van der Waals surface area contributed by atoms with Crippen molar-refractivity contribution in [3.05, 3.63) is 46.2 Å². The van der Waals surface area contributed by atoms with Gasteiger partial charge in [-0.2, -0.15) is 5.10 Å². The van der Waals surface area contributed by atoms with Crippen LogP contribution in [0.2, 0.25) is 5.02 Å². The summed E-state index contributed by atoms with van der Waals surface area (Å²) in [7, 11) is 1.86. The molecule has 0 aliphatic carbocycles. The van der Waals surface area contributed by atoms with Crippen molar-refractivity contribution in [2.45, 2.75) is 26.6 Å². The molecule has 4 nitrogen and oxygen atoms in total. The Hall–Kier alpha value is -1.52. The molecule has 1 heterocycles. The summed E-state index contributed by atoms with van der Waals surface area (Å²) in [4.78, 5) is 0. The zero-order chi connectivity index (χ0) is 13.8. The molecule has 0 aliphatic heterocycles. The second-order valence-corrected chi connectivity index (χ2v) is 4.66. The monoisotopic (exact) mass is 280 g/mol. The number of aliphatic hydroxyl groups is 1. The van der Waals surface area contributed by atoms with Crippen molar-refractivity contribution in [1.82, 2.24) is 9.78 Å². The number of aromatic nitrogens is 2. The summed E-state index contributed by atoms with van der Waals surface area (Å²) >= 11 is 6.25. The summed E-state index contributed by atoms with van der Waals surface area (Å²) < 4.78 is 7.44. The molecule has 0 saturated carbocycles. The van der Waals surface area contributed by atoms with Crippen LogP contribution in [-0.2, 0) is 26.7 Å². The van der Waals surface area contributed by atoms with Crippen LogP contribution in [0.1, 0.15) is 23.9 Å². The van der Waals surface area contributed by atoms with Gasteiger partial charge >= 0.3 is 0 Å². The maximum Gasteiger partial charge on any atom is 0.131 e. The lowest BCUT2D eigenvalue weighted by molar-refractivity contribution is 0.276. The van der Waals surface area contributed by atoms with Crippen LogP contribution in [-0.4, -0.2) is 14.9 Å². The SMILES string of the molecule is CCc1nn(C)c(COc2cccc(CO)c2)c1Cl.